The molecule has 0 saturated carbocycles. The number of halogens is 2. The van der Waals surface area contributed by atoms with E-state index in [0.29, 0.717) is 22.1 Å². The summed E-state index contributed by atoms with van der Waals surface area (Å²) in [6.07, 6.45) is 0. The predicted molar refractivity (Wildman–Crippen MR) is 74.9 cm³/mol. The van der Waals surface area contributed by atoms with Gasteiger partial charge in [0.05, 0.1) is 34.2 Å². The van der Waals surface area contributed by atoms with Gasteiger partial charge in [-0.15, -0.1) is 0 Å². The number of aromatic nitrogens is 2. The van der Waals surface area contributed by atoms with Crippen molar-refractivity contribution < 1.29 is 14.0 Å². The molecule has 1 aliphatic rings. The van der Waals surface area contributed by atoms with Crippen molar-refractivity contribution in [3.8, 4) is 0 Å². The van der Waals surface area contributed by atoms with Gasteiger partial charge in [0.25, 0.3) is 11.7 Å². The zero-order valence-electron chi connectivity index (χ0n) is 11.4. The minimum Gasteiger partial charge on any atom is -0.299 e. The van der Waals surface area contributed by atoms with Crippen molar-refractivity contribution in [1.82, 2.24) is 9.78 Å². The van der Waals surface area contributed by atoms with E-state index in [1.54, 1.807) is 18.7 Å². The minimum atomic E-state index is -0.709. The third kappa shape index (κ3) is 2.03. The number of nitrogens with zero attached hydrogens (tertiary/aromatic N) is 3. The molecule has 3 rings (SSSR count). The van der Waals surface area contributed by atoms with Crippen molar-refractivity contribution in [2.75, 3.05) is 4.90 Å². The van der Waals surface area contributed by atoms with Crippen LogP contribution >= 0.6 is 11.6 Å². The Kier molecular flexibility index (Phi) is 3.06. The number of benzene rings is 1. The lowest BCUT2D eigenvalue weighted by atomic mass is 10.1. The standard InChI is InChI=1S/C14H11ClFN3O2/c1-7-12(15)11(18(2)17-7)6-19-10-4-3-8(16)5-9(10)13(20)14(19)21/h3-5H,6H2,1-2H3. The van der Waals surface area contributed by atoms with Crippen molar-refractivity contribution in [2.45, 2.75) is 13.5 Å². The van der Waals surface area contributed by atoms with E-state index in [1.165, 1.54) is 17.0 Å². The molecule has 21 heavy (non-hydrogen) atoms. The molecule has 2 heterocycles. The van der Waals surface area contributed by atoms with Gasteiger partial charge in [-0.1, -0.05) is 11.6 Å². The largest absolute Gasteiger partial charge is 0.299 e. The highest BCUT2D eigenvalue weighted by molar-refractivity contribution is 6.52. The summed E-state index contributed by atoms with van der Waals surface area (Å²) in [6.45, 7) is 1.87. The highest BCUT2D eigenvalue weighted by atomic mass is 35.5. The summed E-state index contributed by atoms with van der Waals surface area (Å²) < 4.78 is 14.8. The van der Waals surface area contributed by atoms with Crippen LogP contribution in [0.25, 0.3) is 0 Å². The molecule has 0 atom stereocenters. The topological polar surface area (TPSA) is 55.2 Å². The summed E-state index contributed by atoms with van der Waals surface area (Å²) in [4.78, 5) is 25.3. The third-order valence-corrected chi connectivity index (χ3v) is 3.99. The van der Waals surface area contributed by atoms with Gasteiger partial charge in [-0.05, 0) is 25.1 Å². The zero-order valence-corrected chi connectivity index (χ0v) is 12.1. The molecule has 0 saturated heterocycles. The maximum absolute atomic E-state index is 13.2. The van der Waals surface area contributed by atoms with Crippen LogP contribution in [-0.2, 0) is 18.4 Å². The summed E-state index contributed by atoms with van der Waals surface area (Å²) in [5.74, 6) is -1.95. The Morgan fingerprint density at radius 2 is 2.05 bits per heavy atom. The van der Waals surface area contributed by atoms with Crippen LogP contribution in [0.5, 0.6) is 0 Å². The summed E-state index contributed by atoms with van der Waals surface area (Å²) >= 11 is 6.16. The van der Waals surface area contributed by atoms with Crippen molar-refractivity contribution in [1.29, 1.82) is 0 Å². The summed E-state index contributed by atoms with van der Waals surface area (Å²) in [5, 5.41) is 4.62. The van der Waals surface area contributed by atoms with Crippen molar-refractivity contribution >= 4 is 29.0 Å². The number of hydrogen-bond acceptors (Lipinski definition) is 3. The average molecular weight is 308 g/mol. The number of ketones is 1. The first kappa shape index (κ1) is 13.8. The normalized spacial score (nSPS) is 14.0. The van der Waals surface area contributed by atoms with Crippen molar-refractivity contribution in [2.24, 2.45) is 7.05 Å². The van der Waals surface area contributed by atoms with Gasteiger partial charge >= 0.3 is 0 Å². The molecule has 0 spiro atoms. The summed E-state index contributed by atoms with van der Waals surface area (Å²) in [7, 11) is 1.71. The molecule has 1 aromatic carbocycles. The molecule has 0 N–H and O–H groups in total. The Morgan fingerprint density at radius 1 is 1.33 bits per heavy atom. The van der Waals surface area contributed by atoms with Crippen molar-refractivity contribution in [3.05, 3.63) is 46.0 Å². The van der Waals surface area contributed by atoms with E-state index in [1.807, 2.05) is 0 Å². The molecular formula is C14H11ClFN3O2. The Labute approximate surface area is 124 Å². The molecule has 1 aromatic heterocycles. The quantitative estimate of drug-likeness (QED) is 0.800. The number of rotatable bonds is 2. The first-order valence-electron chi connectivity index (χ1n) is 6.24. The fourth-order valence-electron chi connectivity index (χ4n) is 2.43. The number of fused-ring (bicyclic) bond motifs is 1. The van der Waals surface area contributed by atoms with Crippen LogP contribution in [0, 0.1) is 12.7 Å². The fraction of sp³-hybridized carbons (Fsp3) is 0.214. The lowest BCUT2D eigenvalue weighted by molar-refractivity contribution is -0.114. The van der Waals surface area contributed by atoms with Crippen LogP contribution < -0.4 is 4.90 Å². The molecule has 108 valence electrons. The van der Waals surface area contributed by atoms with E-state index in [0.717, 1.165) is 6.07 Å². The number of hydrogen-bond donors (Lipinski definition) is 0. The molecule has 5 nitrogen and oxygen atoms in total. The van der Waals surface area contributed by atoms with Crippen molar-refractivity contribution in [3.63, 3.8) is 0 Å². The van der Waals surface area contributed by atoms with Gasteiger partial charge in [-0.25, -0.2) is 4.39 Å². The van der Waals surface area contributed by atoms with Gasteiger partial charge in [-0.2, -0.15) is 5.10 Å². The highest BCUT2D eigenvalue weighted by Gasteiger charge is 2.36. The van der Waals surface area contributed by atoms with Gasteiger partial charge in [0.1, 0.15) is 5.82 Å². The Balaban J connectivity index is 2.04. The fourth-order valence-corrected chi connectivity index (χ4v) is 2.65. The summed E-state index contributed by atoms with van der Waals surface area (Å²) in [5.41, 5.74) is 1.73. The highest BCUT2D eigenvalue weighted by Crippen LogP contribution is 2.32. The second-order valence-electron chi connectivity index (χ2n) is 4.85. The number of amides is 1. The Hall–Kier alpha value is -2.21. The van der Waals surface area contributed by atoms with Crippen LogP contribution in [-0.4, -0.2) is 21.5 Å². The van der Waals surface area contributed by atoms with Crippen LogP contribution in [0.15, 0.2) is 18.2 Å². The lowest BCUT2D eigenvalue weighted by Gasteiger charge is -2.16. The molecule has 0 radical (unpaired) electrons. The van der Waals surface area contributed by atoms with E-state index < -0.39 is 17.5 Å². The van der Waals surface area contributed by atoms with Gasteiger partial charge in [0, 0.05) is 7.05 Å². The molecular weight excluding hydrogens is 297 g/mol. The van der Waals surface area contributed by atoms with E-state index in [4.69, 9.17) is 11.6 Å². The van der Waals surface area contributed by atoms with E-state index in [2.05, 4.69) is 5.10 Å². The molecule has 7 heteroatoms. The van der Waals surface area contributed by atoms with Crippen LogP contribution in [0.4, 0.5) is 10.1 Å². The van der Waals surface area contributed by atoms with E-state index in [9.17, 15) is 14.0 Å². The van der Waals surface area contributed by atoms with Crippen LogP contribution in [0.2, 0.25) is 5.02 Å². The number of aryl methyl sites for hydroxylation is 2. The lowest BCUT2D eigenvalue weighted by Crippen LogP contribution is -2.30. The Bertz CT molecular complexity index is 785. The van der Waals surface area contributed by atoms with Gasteiger partial charge in [0.2, 0.25) is 0 Å². The number of anilines is 1. The smallest absolute Gasteiger partial charge is 0.299 e. The molecule has 0 unspecified atom stereocenters. The molecule has 2 aromatic rings. The predicted octanol–water partition coefficient (Wildman–Crippen LogP) is 2.25. The average Bonchev–Trinajstić information content (AvgIpc) is 2.81. The molecule has 0 fully saturated rings. The molecule has 1 amide bonds. The molecule has 0 aliphatic carbocycles. The Morgan fingerprint density at radius 3 is 2.67 bits per heavy atom. The first-order chi connectivity index (χ1) is 9.90. The van der Waals surface area contributed by atoms with Gasteiger partial charge in [-0.3, -0.25) is 19.2 Å². The van der Waals surface area contributed by atoms with Gasteiger partial charge in [0.15, 0.2) is 0 Å². The first-order valence-corrected chi connectivity index (χ1v) is 6.61. The third-order valence-electron chi connectivity index (χ3n) is 3.50. The van der Waals surface area contributed by atoms with Crippen LogP contribution in [0.1, 0.15) is 21.7 Å². The van der Waals surface area contributed by atoms with E-state index >= 15 is 0 Å². The monoisotopic (exact) mass is 307 g/mol. The van der Waals surface area contributed by atoms with E-state index in [-0.39, 0.29) is 12.1 Å². The number of carbonyl (C=O) groups excluding carboxylic acids is 2. The maximum Gasteiger partial charge on any atom is 0.299 e. The number of Topliss-reactive ketones (excluding diaryl/α,β-unsaturated/α-hetero) is 1. The zero-order chi connectivity index (χ0) is 15.3. The molecule has 0 bridgehead atoms. The second-order valence-corrected chi connectivity index (χ2v) is 5.23. The minimum absolute atomic E-state index is 0.0787. The summed E-state index contributed by atoms with van der Waals surface area (Å²) in [6, 6.07) is 3.71. The van der Waals surface area contributed by atoms with Gasteiger partial charge < -0.3 is 0 Å². The second kappa shape index (κ2) is 4.66. The van der Waals surface area contributed by atoms with Crippen LogP contribution in [0.3, 0.4) is 0 Å². The molecule has 1 aliphatic heterocycles. The maximum atomic E-state index is 13.2. The SMILES string of the molecule is Cc1nn(C)c(CN2C(=O)C(=O)c3cc(F)ccc32)c1Cl. The number of carbonyl (C=O) groups is 2.